The molecule has 0 aliphatic rings. The lowest BCUT2D eigenvalue weighted by molar-refractivity contribution is -0.149. The average molecular weight is 410 g/mol. The van der Waals surface area contributed by atoms with E-state index in [0.717, 1.165) is 14.9 Å². The van der Waals surface area contributed by atoms with Gasteiger partial charge in [-0.25, -0.2) is 4.79 Å². The van der Waals surface area contributed by atoms with Crippen molar-refractivity contribution in [2.75, 3.05) is 7.05 Å². The van der Waals surface area contributed by atoms with Crippen LogP contribution < -0.4 is 0 Å². The Bertz CT molecular complexity index is 735. The molecule has 0 aliphatic heterocycles. The summed E-state index contributed by atoms with van der Waals surface area (Å²) in [5.74, 6) is -1.22. The van der Waals surface area contributed by atoms with E-state index in [1.54, 1.807) is 27.0 Å². The average Bonchev–Trinajstić information content (AvgIpc) is 3.06. The molecule has 1 aromatic heterocycles. The van der Waals surface area contributed by atoms with Crippen LogP contribution in [-0.4, -0.2) is 34.5 Å². The van der Waals surface area contributed by atoms with E-state index in [1.807, 2.05) is 30.3 Å². The topological polar surface area (TPSA) is 57.6 Å². The third-order valence-corrected chi connectivity index (χ3v) is 6.11. The van der Waals surface area contributed by atoms with Crippen molar-refractivity contribution in [3.63, 3.8) is 0 Å². The molecule has 1 N–H and O–H groups in total. The van der Waals surface area contributed by atoms with E-state index in [1.165, 1.54) is 16.2 Å². The van der Waals surface area contributed by atoms with Gasteiger partial charge in [0.1, 0.15) is 5.54 Å². The van der Waals surface area contributed by atoms with Crippen molar-refractivity contribution in [1.29, 1.82) is 0 Å². The molecule has 0 saturated carbocycles. The smallest absolute Gasteiger partial charge is 0.329 e. The van der Waals surface area contributed by atoms with Crippen LogP contribution in [0.2, 0.25) is 0 Å². The molecule has 1 aromatic carbocycles. The molecule has 24 heavy (non-hydrogen) atoms. The number of carbonyl (C=O) groups is 2. The minimum absolute atomic E-state index is 0.255. The molecule has 0 fully saturated rings. The summed E-state index contributed by atoms with van der Waals surface area (Å²) in [6.45, 7) is 3.59. The molecule has 2 rings (SSSR count). The fourth-order valence-corrected chi connectivity index (χ4v) is 4.00. The van der Waals surface area contributed by atoms with Crippen LogP contribution in [0, 0.1) is 0 Å². The normalized spacial score (nSPS) is 11.3. The first-order chi connectivity index (χ1) is 11.4. The van der Waals surface area contributed by atoms with Crippen molar-refractivity contribution in [3.8, 4) is 10.4 Å². The maximum Gasteiger partial charge on any atom is 0.329 e. The molecule has 0 radical (unpaired) electrons. The summed E-state index contributed by atoms with van der Waals surface area (Å²) in [5, 5.41) is 9.60. The summed E-state index contributed by atoms with van der Waals surface area (Å²) in [4.78, 5) is 27.4. The second kappa shape index (κ2) is 7.49. The number of carboxylic acids is 1. The van der Waals surface area contributed by atoms with Gasteiger partial charge in [0.25, 0.3) is 5.91 Å². The number of hydrogen-bond donors (Lipinski definition) is 1. The van der Waals surface area contributed by atoms with Gasteiger partial charge >= 0.3 is 5.97 Å². The van der Waals surface area contributed by atoms with Crippen molar-refractivity contribution >= 4 is 39.1 Å². The lowest BCUT2D eigenvalue weighted by atomic mass is 9.91. The first-order valence-electron chi connectivity index (χ1n) is 7.73. The lowest BCUT2D eigenvalue weighted by Gasteiger charge is -2.36. The zero-order valence-corrected chi connectivity index (χ0v) is 16.3. The maximum atomic E-state index is 12.8. The maximum absolute atomic E-state index is 12.8. The SMILES string of the molecule is CCC(CC)(C(=O)O)N(C)C(=O)c1ccc(-c2ccc(Br)cc2)s1. The largest absolute Gasteiger partial charge is 0.479 e. The summed E-state index contributed by atoms with van der Waals surface area (Å²) in [6, 6.07) is 11.5. The number of hydrogen-bond acceptors (Lipinski definition) is 3. The first kappa shape index (κ1) is 18.7. The van der Waals surface area contributed by atoms with Gasteiger partial charge in [0.15, 0.2) is 0 Å². The molecule has 0 saturated heterocycles. The number of likely N-dealkylation sites (N-methyl/N-ethyl adjacent to an activating group) is 1. The van der Waals surface area contributed by atoms with Crippen LogP contribution in [0.25, 0.3) is 10.4 Å². The Kier molecular flexibility index (Phi) is 5.83. The van der Waals surface area contributed by atoms with Gasteiger partial charge in [0.2, 0.25) is 0 Å². The van der Waals surface area contributed by atoms with E-state index >= 15 is 0 Å². The van der Waals surface area contributed by atoms with Gasteiger partial charge in [-0.1, -0.05) is 41.9 Å². The van der Waals surface area contributed by atoms with Crippen LogP contribution >= 0.6 is 27.3 Å². The number of carbonyl (C=O) groups excluding carboxylic acids is 1. The summed E-state index contributed by atoms with van der Waals surface area (Å²) < 4.78 is 0.996. The molecule has 1 amide bonds. The molecule has 0 spiro atoms. The minimum atomic E-state index is -1.17. The number of carboxylic acid groups (broad SMARTS) is 1. The van der Waals surface area contributed by atoms with Crippen LogP contribution in [0.1, 0.15) is 36.4 Å². The third kappa shape index (κ3) is 3.39. The van der Waals surface area contributed by atoms with Crippen molar-refractivity contribution in [2.45, 2.75) is 32.2 Å². The molecular formula is C18H20BrNO3S. The Balaban J connectivity index is 2.30. The van der Waals surface area contributed by atoms with Crippen LogP contribution in [-0.2, 0) is 4.79 Å². The quantitative estimate of drug-likeness (QED) is 0.738. The molecule has 0 atom stereocenters. The highest BCUT2D eigenvalue weighted by molar-refractivity contribution is 9.10. The van der Waals surface area contributed by atoms with Crippen LogP contribution in [0.5, 0.6) is 0 Å². The van der Waals surface area contributed by atoms with Crippen LogP contribution in [0.15, 0.2) is 40.9 Å². The van der Waals surface area contributed by atoms with E-state index in [-0.39, 0.29) is 5.91 Å². The lowest BCUT2D eigenvalue weighted by Crippen LogP contribution is -2.54. The number of halogens is 1. The van der Waals surface area contributed by atoms with E-state index < -0.39 is 11.5 Å². The highest BCUT2D eigenvalue weighted by atomic mass is 79.9. The van der Waals surface area contributed by atoms with Gasteiger partial charge in [-0.15, -0.1) is 11.3 Å². The molecule has 2 aromatic rings. The highest BCUT2D eigenvalue weighted by Crippen LogP contribution is 2.32. The molecule has 0 aliphatic carbocycles. The molecule has 4 nitrogen and oxygen atoms in total. The molecule has 0 unspecified atom stereocenters. The standard InChI is InChI=1S/C18H20BrNO3S/c1-4-18(5-2,17(22)23)20(3)16(21)15-11-10-14(24-15)12-6-8-13(19)9-7-12/h6-11H,4-5H2,1-3H3,(H,22,23). The second-order valence-corrected chi connectivity index (χ2v) is 7.58. The third-order valence-electron chi connectivity index (χ3n) is 4.46. The summed E-state index contributed by atoms with van der Waals surface area (Å²) >= 11 is 4.78. The molecular weight excluding hydrogens is 390 g/mol. The van der Waals surface area contributed by atoms with Crippen LogP contribution in [0.3, 0.4) is 0 Å². The van der Waals surface area contributed by atoms with Gasteiger partial charge in [-0.3, -0.25) is 4.79 Å². The number of aliphatic carboxylic acids is 1. The van der Waals surface area contributed by atoms with E-state index in [0.29, 0.717) is 17.7 Å². The van der Waals surface area contributed by atoms with Crippen LogP contribution in [0.4, 0.5) is 0 Å². The van der Waals surface area contributed by atoms with Gasteiger partial charge in [-0.2, -0.15) is 0 Å². The summed E-state index contributed by atoms with van der Waals surface area (Å²) in [7, 11) is 1.57. The number of rotatable bonds is 6. The fraction of sp³-hybridized carbons (Fsp3) is 0.333. The minimum Gasteiger partial charge on any atom is -0.479 e. The molecule has 128 valence electrons. The van der Waals surface area contributed by atoms with Gasteiger partial charge < -0.3 is 10.0 Å². The van der Waals surface area contributed by atoms with Gasteiger partial charge in [-0.05, 0) is 42.7 Å². The molecule has 6 heteroatoms. The molecule has 1 heterocycles. The monoisotopic (exact) mass is 409 g/mol. The summed E-state index contributed by atoms with van der Waals surface area (Å²) in [5.41, 5.74) is -0.140. The van der Waals surface area contributed by atoms with Gasteiger partial charge in [0.05, 0.1) is 4.88 Å². The Labute approximate surface area is 154 Å². The fourth-order valence-electron chi connectivity index (χ4n) is 2.75. The van der Waals surface area contributed by atoms with Crippen molar-refractivity contribution in [1.82, 2.24) is 4.90 Å². The number of nitrogens with zero attached hydrogens (tertiary/aromatic N) is 1. The predicted molar refractivity (Wildman–Crippen MR) is 100 cm³/mol. The molecule has 0 bridgehead atoms. The number of amides is 1. The number of benzene rings is 1. The Morgan fingerprint density at radius 3 is 2.21 bits per heavy atom. The first-order valence-corrected chi connectivity index (χ1v) is 9.34. The number of thiophene rings is 1. The van der Waals surface area contributed by atoms with Crippen molar-refractivity contribution < 1.29 is 14.7 Å². The van der Waals surface area contributed by atoms with E-state index in [9.17, 15) is 14.7 Å². The Morgan fingerprint density at radius 1 is 1.12 bits per heavy atom. The Hall–Kier alpha value is -1.66. The zero-order valence-electron chi connectivity index (χ0n) is 13.9. The van der Waals surface area contributed by atoms with Gasteiger partial charge in [0, 0.05) is 16.4 Å². The van der Waals surface area contributed by atoms with E-state index in [2.05, 4.69) is 15.9 Å². The van der Waals surface area contributed by atoms with Crippen molar-refractivity contribution in [3.05, 3.63) is 45.7 Å². The van der Waals surface area contributed by atoms with E-state index in [4.69, 9.17) is 0 Å². The highest BCUT2D eigenvalue weighted by Gasteiger charge is 2.42. The summed E-state index contributed by atoms with van der Waals surface area (Å²) in [6.07, 6.45) is 0.734. The second-order valence-electron chi connectivity index (χ2n) is 5.58. The Morgan fingerprint density at radius 2 is 1.71 bits per heavy atom. The van der Waals surface area contributed by atoms with Crippen molar-refractivity contribution in [2.24, 2.45) is 0 Å². The predicted octanol–water partition coefficient (Wildman–Crippen LogP) is 4.89. The zero-order chi connectivity index (χ0) is 17.9.